The predicted molar refractivity (Wildman–Crippen MR) is 213 cm³/mol. The number of furan rings is 1. The largest absolute Gasteiger partial charge is 0.456 e. The van der Waals surface area contributed by atoms with Crippen LogP contribution in [-0.4, -0.2) is 4.57 Å². The smallest absolute Gasteiger partial charge is 0.136 e. The van der Waals surface area contributed by atoms with Crippen molar-refractivity contribution in [2.45, 2.75) is 6.92 Å². The van der Waals surface area contributed by atoms with Crippen LogP contribution in [0.1, 0.15) is 18.2 Å². The number of hydrogen-bond donors (Lipinski definition) is 0. The molecule has 0 atom stereocenters. The van der Waals surface area contributed by atoms with Gasteiger partial charge in [-0.3, -0.25) is 0 Å². The summed E-state index contributed by atoms with van der Waals surface area (Å²) in [6, 6.07) is 56.1. The average molecular weight is 643 g/mol. The lowest BCUT2D eigenvalue weighted by molar-refractivity contribution is 0.669. The first-order valence-corrected chi connectivity index (χ1v) is 17.0. The fourth-order valence-corrected chi connectivity index (χ4v) is 7.31. The molecule has 0 radical (unpaired) electrons. The number of para-hydroxylation sites is 2. The highest BCUT2D eigenvalue weighted by molar-refractivity contribution is 6.11. The van der Waals surface area contributed by atoms with Crippen molar-refractivity contribution in [2.75, 3.05) is 4.90 Å². The Morgan fingerprint density at radius 3 is 1.98 bits per heavy atom. The van der Waals surface area contributed by atoms with Gasteiger partial charge in [0.1, 0.15) is 11.2 Å². The maximum atomic E-state index is 6.28. The second-order valence-corrected chi connectivity index (χ2v) is 12.6. The summed E-state index contributed by atoms with van der Waals surface area (Å²) in [5.41, 5.74) is 11.8. The van der Waals surface area contributed by atoms with Gasteiger partial charge in [0, 0.05) is 44.5 Å². The molecule has 0 spiro atoms. The van der Waals surface area contributed by atoms with Crippen molar-refractivity contribution in [1.29, 1.82) is 0 Å². The van der Waals surface area contributed by atoms with Crippen molar-refractivity contribution in [2.24, 2.45) is 0 Å². The lowest BCUT2D eigenvalue weighted by Crippen LogP contribution is -2.10. The molecule has 9 aromatic rings. The number of allylic oxidation sites excluding steroid dienone is 1. The number of aromatic nitrogens is 1. The molecule has 3 heteroatoms. The van der Waals surface area contributed by atoms with Crippen molar-refractivity contribution in [3.05, 3.63) is 182 Å². The van der Waals surface area contributed by atoms with Gasteiger partial charge < -0.3 is 13.9 Å². The van der Waals surface area contributed by atoms with Gasteiger partial charge in [0.25, 0.3) is 0 Å². The molecular formula is C47H34N2O. The molecule has 238 valence electrons. The fourth-order valence-electron chi connectivity index (χ4n) is 7.31. The van der Waals surface area contributed by atoms with E-state index in [4.69, 9.17) is 4.42 Å². The van der Waals surface area contributed by atoms with Gasteiger partial charge in [-0.15, -0.1) is 0 Å². The minimum absolute atomic E-state index is 0.881. The number of hydrogen-bond acceptors (Lipinski definition) is 2. The van der Waals surface area contributed by atoms with E-state index in [2.05, 4.69) is 181 Å². The third kappa shape index (κ3) is 4.91. The summed E-state index contributed by atoms with van der Waals surface area (Å²) in [6.07, 6.45) is 6.21. The second-order valence-electron chi connectivity index (χ2n) is 12.6. The number of anilines is 3. The van der Waals surface area contributed by atoms with Crippen LogP contribution in [0.4, 0.5) is 17.1 Å². The van der Waals surface area contributed by atoms with Gasteiger partial charge in [0.05, 0.1) is 11.2 Å². The van der Waals surface area contributed by atoms with E-state index < -0.39 is 0 Å². The quantitative estimate of drug-likeness (QED) is 0.172. The van der Waals surface area contributed by atoms with E-state index >= 15 is 0 Å². The van der Waals surface area contributed by atoms with E-state index in [1.54, 1.807) is 0 Å². The van der Waals surface area contributed by atoms with Crippen LogP contribution in [0.3, 0.4) is 0 Å². The van der Waals surface area contributed by atoms with E-state index in [1.807, 2.05) is 18.2 Å². The normalized spacial score (nSPS) is 11.7. The van der Waals surface area contributed by atoms with Crippen molar-refractivity contribution in [3.8, 4) is 16.8 Å². The van der Waals surface area contributed by atoms with Crippen LogP contribution < -0.4 is 4.90 Å². The van der Waals surface area contributed by atoms with Crippen LogP contribution in [0.15, 0.2) is 175 Å². The highest BCUT2D eigenvalue weighted by Gasteiger charge is 2.19. The third-order valence-electron chi connectivity index (χ3n) is 9.66. The summed E-state index contributed by atoms with van der Waals surface area (Å²) in [6.45, 7) is 6.27. The molecule has 9 rings (SSSR count). The Labute approximate surface area is 291 Å². The molecule has 0 amide bonds. The SMILES string of the molecule is C=Cc1c(/C=C\C)n(-c2ccc(N(c3ccccc3)c3ccc(-c4ccc5ccccc5c4)cc3)cc2)c2cc3c(cc12)oc1ccccc13. The third-order valence-corrected chi connectivity index (χ3v) is 9.66. The van der Waals surface area contributed by atoms with Gasteiger partial charge in [-0.2, -0.15) is 0 Å². The summed E-state index contributed by atoms with van der Waals surface area (Å²) in [5.74, 6) is 0. The topological polar surface area (TPSA) is 21.3 Å². The standard InChI is InChI=1S/C47H34N2O/c1-3-12-44-40(4-2)42-31-47-43(41-17-10-11-18-46(41)50-47)30-45(42)49(44)39-27-25-38(26-28-39)48(36-15-6-5-7-16-36)37-23-21-33(22-24-37)35-20-19-32-13-8-9-14-34(32)29-35/h3-31H,2H2,1H3/b12-3-. The van der Waals surface area contributed by atoms with E-state index in [-0.39, 0.29) is 0 Å². The maximum absolute atomic E-state index is 6.28. The molecule has 7 aromatic carbocycles. The Hall–Kier alpha value is -6.58. The van der Waals surface area contributed by atoms with Crippen LogP contribution in [0.2, 0.25) is 0 Å². The molecule has 0 saturated heterocycles. The lowest BCUT2D eigenvalue weighted by atomic mass is 10.0. The predicted octanol–water partition coefficient (Wildman–Crippen LogP) is 13.5. The Balaban J connectivity index is 1.15. The van der Waals surface area contributed by atoms with Gasteiger partial charge in [-0.25, -0.2) is 0 Å². The molecule has 0 aliphatic heterocycles. The fraction of sp³-hybridized carbons (Fsp3) is 0.0213. The maximum Gasteiger partial charge on any atom is 0.136 e. The van der Waals surface area contributed by atoms with Crippen LogP contribution in [0, 0.1) is 0 Å². The molecule has 0 unspecified atom stereocenters. The molecule has 3 nitrogen and oxygen atoms in total. The first-order chi connectivity index (χ1) is 24.7. The van der Waals surface area contributed by atoms with Gasteiger partial charge in [0.2, 0.25) is 0 Å². The van der Waals surface area contributed by atoms with E-state index in [0.717, 1.165) is 66.8 Å². The number of nitrogens with zero attached hydrogens (tertiary/aromatic N) is 2. The van der Waals surface area contributed by atoms with Crippen LogP contribution in [-0.2, 0) is 0 Å². The van der Waals surface area contributed by atoms with Gasteiger partial charge in [-0.1, -0.05) is 104 Å². The van der Waals surface area contributed by atoms with E-state index in [9.17, 15) is 0 Å². The molecule has 0 aliphatic rings. The van der Waals surface area contributed by atoms with Crippen LogP contribution in [0.25, 0.3) is 72.6 Å². The zero-order valence-corrected chi connectivity index (χ0v) is 27.8. The molecule has 0 bridgehead atoms. The van der Waals surface area contributed by atoms with Crippen molar-refractivity contribution in [1.82, 2.24) is 4.57 Å². The zero-order chi connectivity index (χ0) is 33.6. The first kappa shape index (κ1) is 29.6. The summed E-state index contributed by atoms with van der Waals surface area (Å²) in [7, 11) is 0. The molecular weight excluding hydrogens is 609 g/mol. The first-order valence-electron chi connectivity index (χ1n) is 17.0. The zero-order valence-electron chi connectivity index (χ0n) is 27.8. The van der Waals surface area contributed by atoms with Gasteiger partial charge in [-0.05, 0) is 108 Å². The van der Waals surface area contributed by atoms with Crippen molar-refractivity contribution < 1.29 is 4.42 Å². The van der Waals surface area contributed by atoms with Crippen molar-refractivity contribution in [3.63, 3.8) is 0 Å². The van der Waals surface area contributed by atoms with Gasteiger partial charge >= 0.3 is 0 Å². The van der Waals surface area contributed by atoms with E-state index in [0.29, 0.717) is 0 Å². The average Bonchev–Trinajstić information content (AvgIpc) is 3.69. The van der Waals surface area contributed by atoms with Crippen LogP contribution in [0.5, 0.6) is 0 Å². The number of rotatable bonds is 7. The Kier molecular flexibility index (Phi) is 7.18. The van der Waals surface area contributed by atoms with Gasteiger partial charge in [0.15, 0.2) is 0 Å². The summed E-state index contributed by atoms with van der Waals surface area (Å²) in [5, 5.41) is 5.83. The molecule has 50 heavy (non-hydrogen) atoms. The minimum Gasteiger partial charge on any atom is -0.456 e. The van der Waals surface area contributed by atoms with Crippen molar-refractivity contribution >= 4 is 72.8 Å². The highest BCUT2D eigenvalue weighted by Crippen LogP contribution is 2.40. The molecule has 2 heterocycles. The molecule has 0 aliphatic carbocycles. The summed E-state index contributed by atoms with van der Waals surface area (Å²) < 4.78 is 8.62. The monoisotopic (exact) mass is 642 g/mol. The molecule has 0 saturated carbocycles. The highest BCUT2D eigenvalue weighted by atomic mass is 16.3. The molecule has 0 fully saturated rings. The Bertz CT molecular complexity index is 2710. The minimum atomic E-state index is 0.881. The summed E-state index contributed by atoms with van der Waals surface area (Å²) >= 11 is 0. The summed E-state index contributed by atoms with van der Waals surface area (Å²) in [4.78, 5) is 2.31. The van der Waals surface area contributed by atoms with E-state index in [1.165, 1.54) is 21.9 Å². The number of fused-ring (bicyclic) bond motifs is 5. The lowest BCUT2D eigenvalue weighted by Gasteiger charge is -2.26. The molecule has 0 N–H and O–H groups in total. The second kappa shape index (κ2) is 12.1. The molecule has 2 aromatic heterocycles. The Morgan fingerprint density at radius 1 is 0.560 bits per heavy atom. The number of benzene rings is 7. The van der Waals surface area contributed by atoms with Crippen LogP contribution >= 0.6 is 0 Å². The Morgan fingerprint density at radius 2 is 1.22 bits per heavy atom.